The molecule has 0 N–H and O–H groups in total. The molecule has 0 atom stereocenters. The first-order chi connectivity index (χ1) is 28.5. The topological polar surface area (TPSA) is 29.5 Å². The molecule has 11 aromatic rings. The van der Waals surface area contributed by atoms with E-state index in [-0.39, 0.29) is 5.41 Å². The molecule has 1 aliphatic carbocycles. The van der Waals surface area contributed by atoms with Crippen LogP contribution in [-0.4, -0.2) is 0 Å². The van der Waals surface area contributed by atoms with Gasteiger partial charge in [-0.2, -0.15) is 0 Å². The molecule has 0 amide bonds. The van der Waals surface area contributed by atoms with Crippen LogP contribution in [0.15, 0.2) is 197 Å². The Morgan fingerprint density at radius 1 is 0.362 bits per heavy atom. The number of fused-ring (bicyclic) bond motifs is 10. The Morgan fingerprint density at radius 2 is 0.914 bits per heavy atom. The number of hydrogen-bond donors (Lipinski definition) is 0. The summed E-state index contributed by atoms with van der Waals surface area (Å²) in [5.41, 5.74) is 16.6. The van der Waals surface area contributed by atoms with Gasteiger partial charge in [0.2, 0.25) is 0 Å². The van der Waals surface area contributed by atoms with E-state index in [1.165, 1.54) is 44.2 Å². The summed E-state index contributed by atoms with van der Waals surface area (Å²) in [6.07, 6.45) is 0. The van der Waals surface area contributed by atoms with Crippen LogP contribution in [0.1, 0.15) is 25.0 Å². The van der Waals surface area contributed by atoms with Crippen molar-refractivity contribution in [2.45, 2.75) is 19.3 Å². The van der Waals surface area contributed by atoms with Crippen LogP contribution >= 0.6 is 0 Å². The third kappa shape index (κ3) is 4.86. The molecule has 12 rings (SSSR count). The number of benzene rings is 9. The molecular formula is C55H37NO2. The number of rotatable bonds is 5. The van der Waals surface area contributed by atoms with E-state index >= 15 is 0 Å². The molecule has 0 bridgehead atoms. The zero-order valence-electron chi connectivity index (χ0n) is 32.2. The van der Waals surface area contributed by atoms with Gasteiger partial charge in [0.1, 0.15) is 22.3 Å². The lowest BCUT2D eigenvalue weighted by Crippen LogP contribution is -2.16. The highest BCUT2D eigenvalue weighted by molar-refractivity contribution is 6.10. The lowest BCUT2D eigenvalue weighted by molar-refractivity contribution is 0.660. The highest BCUT2D eigenvalue weighted by Crippen LogP contribution is 2.52. The van der Waals surface area contributed by atoms with Crippen LogP contribution in [-0.2, 0) is 5.41 Å². The van der Waals surface area contributed by atoms with Crippen molar-refractivity contribution in [1.82, 2.24) is 0 Å². The third-order valence-corrected chi connectivity index (χ3v) is 12.5. The van der Waals surface area contributed by atoms with Crippen LogP contribution in [0.25, 0.3) is 88.0 Å². The predicted octanol–water partition coefficient (Wildman–Crippen LogP) is 15.7. The molecule has 2 heterocycles. The van der Waals surface area contributed by atoms with Crippen LogP contribution in [0.3, 0.4) is 0 Å². The van der Waals surface area contributed by atoms with Crippen molar-refractivity contribution in [1.29, 1.82) is 0 Å². The Bertz CT molecular complexity index is 3430. The van der Waals surface area contributed by atoms with Gasteiger partial charge >= 0.3 is 0 Å². The van der Waals surface area contributed by atoms with E-state index in [2.05, 4.69) is 189 Å². The van der Waals surface area contributed by atoms with Crippen molar-refractivity contribution in [2.75, 3.05) is 4.90 Å². The summed E-state index contributed by atoms with van der Waals surface area (Å²) in [5, 5.41) is 7.01. The lowest BCUT2D eigenvalue weighted by Gasteiger charge is -2.28. The molecule has 0 spiro atoms. The summed E-state index contributed by atoms with van der Waals surface area (Å²) in [7, 11) is 0. The van der Waals surface area contributed by atoms with Crippen LogP contribution < -0.4 is 4.90 Å². The van der Waals surface area contributed by atoms with E-state index in [1.54, 1.807) is 0 Å². The molecule has 0 saturated carbocycles. The van der Waals surface area contributed by atoms with Gasteiger partial charge in [-0.15, -0.1) is 0 Å². The predicted molar refractivity (Wildman–Crippen MR) is 242 cm³/mol. The zero-order chi connectivity index (χ0) is 38.5. The van der Waals surface area contributed by atoms with Crippen molar-refractivity contribution >= 4 is 71.7 Å². The molecular weight excluding hydrogens is 707 g/mol. The van der Waals surface area contributed by atoms with Crippen LogP contribution in [0.2, 0.25) is 0 Å². The van der Waals surface area contributed by atoms with Gasteiger partial charge < -0.3 is 13.7 Å². The average Bonchev–Trinajstić information content (AvgIpc) is 3.91. The summed E-state index contributed by atoms with van der Waals surface area (Å²) in [4.78, 5) is 2.39. The van der Waals surface area contributed by atoms with E-state index in [0.29, 0.717) is 0 Å². The Hall–Kier alpha value is -7.36. The minimum Gasteiger partial charge on any atom is -0.456 e. The molecule has 3 heteroatoms. The molecule has 1 aliphatic rings. The van der Waals surface area contributed by atoms with Gasteiger partial charge in [-0.1, -0.05) is 141 Å². The quantitative estimate of drug-likeness (QED) is 0.176. The minimum atomic E-state index is -0.243. The highest BCUT2D eigenvalue weighted by Gasteiger charge is 2.36. The van der Waals surface area contributed by atoms with Crippen molar-refractivity contribution in [2.24, 2.45) is 0 Å². The summed E-state index contributed by atoms with van der Waals surface area (Å²) >= 11 is 0. The van der Waals surface area contributed by atoms with E-state index in [9.17, 15) is 0 Å². The van der Waals surface area contributed by atoms with Gasteiger partial charge in [0.25, 0.3) is 0 Å². The molecule has 0 radical (unpaired) electrons. The first kappa shape index (κ1) is 32.8. The number of hydrogen-bond acceptors (Lipinski definition) is 3. The van der Waals surface area contributed by atoms with Gasteiger partial charge in [0, 0.05) is 49.6 Å². The number of furan rings is 2. The maximum Gasteiger partial charge on any atom is 0.143 e. The molecule has 274 valence electrons. The normalized spacial score (nSPS) is 13.1. The maximum atomic E-state index is 6.48. The second-order valence-corrected chi connectivity index (χ2v) is 16.1. The maximum absolute atomic E-state index is 6.48. The first-order valence-corrected chi connectivity index (χ1v) is 20.0. The van der Waals surface area contributed by atoms with Gasteiger partial charge in [0.15, 0.2) is 0 Å². The van der Waals surface area contributed by atoms with Crippen LogP contribution in [0.5, 0.6) is 0 Å². The average molecular weight is 744 g/mol. The highest BCUT2D eigenvalue weighted by atomic mass is 16.3. The van der Waals surface area contributed by atoms with Crippen LogP contribution in [0, 0.1) is 0 Å². The second-order valence-electron chi connectivity index (χ2n) is 16.1. The van der Waals surface area contributed by atoms with Crippen molar-refractivity contribution in [3.63, 3.8) is 0 Å². The fraction of sp³-hybridized carbons (Fsp3) is 0.0545. The molecule has 58 heavy (non-hydrogen) atoms. The molecule has 0 fully saturated rings. The molecule has 0 aliphatic heterocycles. The van der Waals surface area contributed by atoms with E-state index in [4.69, 9.17) is 8.83 Å². The smallest absolute Gasteiger partial charge is 0.143 e. The third-order valence-electron chi connectivity index (χ3n) is 12.5. The lowest BCUT2D eigenvalue weighted by atomic mass is 9.81. The molecule has 3 nitrogen and oxygen atoms in total. The Labute approximate surface area is 336 Å². The first-order valence-electron chi connectivity index (χ1n) is 20.0. The van der Waals surface area contributed by atoms with E-state index in [0.717, 1.165) is 72.1 Å². The summed E-state index contributed by atoms with van der Waals surface area (Å²) in [5.74, 6) is 0. The molecule has 2 aromatic heterocycles. The van der Waals surface area contributed by atoms with Crippen LogP contribution in [0.4, 0.5) is 17.1 Å². The Kier molecular flexibility index (Phi) is 6.98. The zero-order valence-corrected chi connectivity index (χ0v) is 32.2. The number of nitrogens with zero attached hydrogens (tertiary/aromatic N) is 1. The van der Waals surface area contributed by atoms with Gasteiger partial charge in [-0.25, -0.2) is 0 Å². The van der Waals surface area contributed by atoms with Crippen molar-refractivity contribution in [3.05, 3.63) is 199 Å². The summed E-state index contributed by atoms with van der Waals surface area (Å²) in [6.45, 7) is 4.72. The van der Waals surface area contributed by atoms with Gasteiger partial charge in [0.05, 0.1) is 0 Å². The molecule has 0 unspecified atom stereocenters. The standard InChI is InChI=1S/C55H37NO2/c1-55(2)49-31-36(42-17-10-18-47-45-14-5-8-20-52(45)58-54(42)47)23-28-43(49)44-29-26-39(33-50(44)55)56(38-27-30-53-48(32-38)46-15-6-7-19-51(46)57-53)37-24-21-35(22-25-37)41-16-9-12-34-11-3-4-13-40(34)41/h3-33H,1-2H3. The van der Waals surface area contributed by atoms with Gasteiger partial charge in [-0.3, -0.25) is 0 Å². The van der Waals surface area contributed by atoms with Crippen molar-refractivity contribution < 1.29 is 8.83 Å². The minimum absolute atomic E-state index is 0.243. The summed E-state index contributed by atoms with van der Waals surface area (Å²) in [6, 6.07) is 67.8. The van der Waals surface area contributed by atoms with E-state index in [1.807, 2.05) is 18.2 Å². The fourth-order valence-electron chi connectivity index (χ4n) is 9.57. The van der Waals surface area contributed by atoms with Crippen molar-refractivity contribution in [3.8, 4) is 33.4 Å². The van der Waals surface area contributed by atoms with Gasteiger partial charge in [-0.05, 0) is 110 Å². The Morgan fingerprint density at radius 3 is 1.74 bits per heavy atom. The monoisotopic (exact) mass is 743 g/mol. The number of anilines is 3. The second kappa shape index (κ2) is 12.3. The largest absolute Gasteiger partial charge is 0.456 e. The van der Waals surface area contributed by atoms with E-state index < -0.39 is 0 Å². The number of para-hydroxylation sites is 3. The summed E-state index contributed by atoms with van der Waals surface area (Å²) < 4.78 is 12.8. The fourth-order valence-corrected chi connectivity index (χ4v) is 9.57. The Balaban J connectivity index is 0.988. The molecule has 0 saturated heterocycles. The SMILES string of the molecule is CC1(C)c2cc(-c3cccc4c3oc3ccccc34)ccc2-c2ccc(N(c3ccc(-c4cccc5ccccc45)cc3)c3ccc4oc5ccccc5c4c3)cc21. The molecule has 9 aromatic carbocycles.